The number of rotatable bonds is 20. The number of carboxylic acid groups (broad SMARTS) is 2. The van der Waals surface area contributed by atoms with Crippen molar-refractivity contribution in [1.29, 1.82) is 0 Å². The van der Waals surface area contributed by atoms with E-state index in [9.17, 15) is 9.59 Å². The summed E-state index contributed by atoms with van der Waals surface area (Å²) in [7, 11) is 0. The number of hydrogen-bond donors (Lipinski definition) is 2. The highest BCUT2D eigenvalue weighted by atomic mass is 16.4. The molecule has 0 aromatic rings. The number of unbranched alkanes of at least 4 members (excludes halogenated alkanes) is 16. The monoisotopic (exact) mass is 400 g/mol. The van der Waals surface area contributed by atoms with Crippen molar-refractivity contribution in [3.63, 3.8) is 0 Å². The molecule has 0 aromatic carbocycles. The normalized spacial score (nSPS) is 10.4. The van der Waals surface area contributed by atoms with E-state index in [-0.39, 0.29) is 0 Å². The Bertz CT molecular complexity index is 329. The quantitative estimate of drug-likeness (QED) is 0.203. The van der Waals surface area contributed by atoms with Crippen LogP contribution in [0.1, 0.15) is 142 Å². The van der Waals surface area contributed by atoms with Crippen molar-refractivity contribution in [3.8, 4) is 0 Å². The Hall–Kier alpha value is -1.06. The number of hydrogen-bond acceptors (Lipinski definition) is 2. The molecule has 4 heteroatoms. The molecule has 0 atom stereocenters. The van der Waals surface area contributed by atoms with Gasteiger partial charge in [0.05, 0.1) is 0 Å². The van der Waals surface area contributed by atoms with Gasteiger partial charge < -0.3 is 10.2 Å². The molecule has 0 unspecified atom stereocenters. The minimum absolute atomic E-state index is 0.341. The van der Waals surface area contributed by atoms with Crippen molar-refractivity contribution >= 4 is 11.9 Å². The van der Waals surface area contributed by atoms with Crippen molar-refractivity contribution in [2.45, 2.75) is 142 Å². The average Bonchev–Trinajstić information content (AvgIpc) is 2.65. The van der Waals surface area contributed by atoms with E-state index in [1.807, 2.05) is 0 Å². The first-order chi connectivity index (χ1) is 13.5. The lowest BCUT2D eigenvalue weighted by Crippen LogP contribution is -1.93. The molecule has 0 aliphatic carbocycles. The first kappa shape index (κ1) is 29.1. The van der Waals surface area contributed by atoms with Crippen LogP contribution in [0.5, 0.6) is 0 Å². The second-order valence-electron chi connectivity index (χ2n) is 7.94. The Morgan fingerprint density at radius 1 is 0.429 bits per heavy atom. The van der Waals surface area contributed by atoms with Gasteiger partial charge in [0.25, 0.3) is 0 Å². The van der Waals surface area contributed by atoms with E-state index in [0.29, 0.717) is 12.8 Å². The molecule has 0 radical (unpaired) electrons. The van der Waals surface area contributed by atoms with Gasteiger partial charge in [0.1, 0.15) is 0 Å². The molecule has 4 nitrogen and oxygen atoms in total. The molecule has 0 aliphatic rings. The minimum Gasteiger partial charge on any atom is -0.481 e. The van der Waals surface area contributed by atoms with E-state index in [4.69, 9.17) is 10.2 Å². The zero-order chi connectivity index (χ0) is 21.3. The Morgan fingerprint density at radius 3 is 0.857 bits per heavy atom. The van der Waals surface area contributed by atoms with Crippen LogP contribution in [0.25, 0.3) is 0 Å². The summed E-state index contributed by atoms with van der Waals surface area (Å²) in [5.74, 6) is -1.32. The summed E-state index contributed by atoms with van der Waals surface area (Å²) in [6, 6.07) is 0. The third-order valence-electron chi connectivity index (χ3n) is 4.99. The molecule has 28 heavy (non-hydrogen) atoms. The summed E-state index contributed by atoms with van der Waals surface area (Å²) in [6.45, 7) is 4.45. The SMILES string of the molecule is CCCCCCCCCC(=O)O.CCCCCCCCCCCCCC(=O)O. The molecular formula is C24H48O4. The van der Waals surface area contributed by atoms with Gasteiger partial charge in [-0.25, -0.2) is 0 Å². The number of carbonyl (C=O) groups is 2. The van der Waals surface area contributed by atoms with E-state index in [1.165, 1.54) is 89.9 Å². The van der Waals surface area contributed by atoms with Crippen LogP contribution in [0, 0.1) is 0 Å². The molecule has 0 amide bonds. The highest BCUT2D eigenvalue weighted by Crippen LogP contribution is 2.11. The van der Waals surface area contributed by atoms with Crippen molar-refractivity contribution in [1.82, 2.24) is 0 Å². The molecule has 2 N–H and O–H groups in total. The van der Waals surface area contributed by atoms with Crippen LogP contribution in [-0.2, 0) is 9.59 Å². The van der Waals surface area contributed by atoms with E-state index in [1.54, 1.807) is 0 Å². The lowest BCUT2D eigenvalue weighted by atomic mass is 10.1. The fraction of sp³-hybridized carbons (Fsp3) is 0.917. The summed E-state index contributed by atoms with van der Waals surface area (Å²) in [6.07, 6.45) is 23.0. The first-order valence-electron chi connectivity index (χ1n) is 12.0. The molecule has 0 heterocycles. The molecule has 0 saturated heterocycles. The molecular weight excluding hydrogens is 352 g/mol. The van der Waals surface area contributed by atoms with Crippen LogP contribution in [0.2, 0.25) is 0 Å². The van der Waals surface area contributed by atoms with E-state index >= 15 is 0 Å². The maximum atomic E-state index is 10.3. The van der Waals surface area contributed by atoms with Crippen LogP contribution in [0.15, 0.2) is 0 Å². The maximum Gasteiger partial charge on any atom is 0.303 e. The third kappa shape index (κ3) is 32.6. The second-order valence-corrected chi connectivity index (χ2v) is 7.94. The topological polar surface area (TPSA) is 74.6 Å². The molecule has 0 aliphatic heterocycles. The summed E-state index contributed by atoms with van der Waals surface area (Å²) >= 11 is 0. The molecule has 0 saturated carbocycles. The van der Waals surface area contributed by atoms with Crippen molar-refractivity contribution in [2.75, 3.05) is 0 Å². The summed E-state index contributed by atoms with van der Waals surface area (Å²) in [4.78, 5) is 20.4. The van der Waals surface area contributed by atoms with Gasteiger partial charge in [0, 0.05) is 12.8 Å². The van der Waals surface area contributed by atoms with Gasteiger partial charge in [-0.05, 0) is 12.8 Å². The smallest absolute Gasteiger partial charge is 0.303 e. The fourth-order valence-electron chi connectivity index (χ4n) is 3.17. The van der Waals surface area contributed by atoms with E-state index in [0.717, 1.165) is 25.7 Å². The average molecular weight is 401 g/mol. The van der Waals surface area contributed by atoms with Crippen molar-refractivity contribution < 1.29 is 19.8 Å². The Morgan fingerprint density at radius 2 is 0.643 bits per heavy atom. The Balaban J connectivity index is 0. The molecule has 0 bridgehead atoms. The van der Waals surface area contributed by atoms with Crippen LogP contribution in [-0.4, -0.2) is 22.2 Å². The first-order valence-corrected chi connectivity index (χ1v) is 12.0. The summed E-state index contributed by atoms with van der Waals surface area (Å²) in [5, 5.41) is 16.8. The van der Waals surface area contributed by atoms with Gasteiger partial charge >= 0.3 is 11.9 Å². The lowest BCUT2D eigenvalue weighted by Gasteiger charge is -2.01. The Kier molecular flexibility index (Phi) is 27.0. The van der Waals surface area contributed by atoms with Crippen LogP contribution >= 0.6 is 0 Å². The lowest BCUT2D eigenvalue weighted by molar-refractivity contribution is -0.138. The van der Waals surface area contributed by atoms with Gasteiger partial charge in [-0.3, -0.25) is 9.59 Å². The minimum atomic E-state index is -0.663. The van der Waals surface area contributed by atoms with Crippen molar-refractivity contribution in [2.24, 2.45) is 0 Å². The third-order valence-corrected chi connectivity index (χ3v) is 4.99. The standard InChI is InChI=1S/C14H28O2.C10H20O2/c1-2-3-4-5-6-7-8-9-10-11-12-13-14(15)16;1-2-3-4-5-6-7-8-9-10(11)12/h2-13H2,1H3,(H,15,16);2-9H2,1H3,(H,11,12). The predicted octanol–water partition coefficient (Wildman–Crippen LogP) is 7.98. The highest BCUT2D eigenvalue weighted by Gasteiger charge is 1.97. The molecule has 0 spiro atoms. The van der Waals surface area contributed by atoms with Gasteiger partial charge in [-0.1, -0.05) is 117 Å². The molecule has 168 valence electrons. The predicted molar refractivity (Wildman–Crippen MR) is 119 cm³/mol. The molecule has 0 aromatic heterocycles. The molecule has 0 fully saturated rings. The zero-order valence-corrected chi connectivity index (χ0v) is 18.9. The van der Waals surface area contributed by atoms with Crippen LogP contribution < -0.4 is 0 Å². The van der Waals surface area contributed by atoms with Crippen LogP contribution in [0.3, 0.4) is 0 Å². The number of carboxylic acids is 2. The largest absolute Gasteiger partial charge is 0.481 e. The fourth-order valence-corrected chi connectivity index (χ4v) is 3.17. The van der Waals surface area contributed by atoms with Gasteiger partial charge in [-0.15, -0.1) is 0 Å². The Labute approximate surface area is 174 Å². The highest BCUT2D eigenvalue weighted by molar-refractivity contribution is 5.66. The summed E-state index contributed by atoms with van der Waals surface area (Å²) in [5.41, 5.74) is 0. The van der Waals surface area contributed by atoms with Crippen molar-refractivity contribution in [3.05, 3.63) is 0 Å². The maximum absolute atomic E-state index is 10.3. The van der Waals surface area contributed by atoms with Gasteiger partial charge in [0.2, 0.25) is 0 Å². The van der Waals surface area contributed by atoms with Gasteiger partial charge in [0.15, 0.2) is 0 Å². The second kappa shape index (κ2) is 25.9. The summed E-state index contributed by atoms with van der Waals surface area (Å²) < 4.78 is 0. The van der Waals surface area contributed by atoms with Crippen LogP contribution in [0.4, 0.5) is 0 Å². The molecule has 0 rings (SSSR count). The van der Waals surface area contributed by atoms with E-state index < -0.39 is 11.9 Å². The van der Waals surface area contributed by atoms with E-state index in [2.05, 4.69) is 13.8 Å². The van der Waals surface area contributed by atoms with Gasteiger partial charge in [-0.2, -0.15) is 0 Å². The number of aliphatic carboxylic acids is 2. The zero-order valence-electron chi connectivity index (χ0n) is 18.9.